The Hall–Kier alpha value is -2.96. The first-order valence-electron chi connectivity index (χ1n) is 14.4. The van der Waals surface area contributed by atoms with Gasteiger partial charge in [0.05, 0.1) is 13.2 Å². The van der Waals surface area contributed by atoms with Crippen LogP contribution in [0.25, 0.3) is 22.3 Å². The van der Waals surface area contributed by atoms with E-state index in [1.807, 2.05) is 0 Å². The summed E-state index contributed by atoms with van der Waals surface area (Å²) in [4.78, 5) is 0. The van der Waals surface area contributed by atoms with Gasteiger partial charge in [0, 0.05) is 22.6 Å². The molecule has 40 heavy (non-hydrogen) atoms. The van der Waals surface area contributed by atoms with E-state index in [9.17, 15) is 13.2 Å². The van der Waals surface area contributed by atoms with Crippen molar-refractivity contribution in [1.82, 2.24) is 0 Å². The Labute approximate surface area is 235 Å². The van der Waals surface area contributed by atoms with Gasteiger partial charge in [-0.25, -0.2) is 17.6 Å². The minimum atomic E-state index is -1.04. The molecule has 0 unspecified atom stereocenters. The number of unbranched alkanes of at least 4 members (excludes halogenated alkanes) is 7. The highest BCUT2D eigenvalue weighted by molar-refractivity contribution is 5.71. The number of ether oxygens (including phenoxy) is 2. The summed E-state index contributed by atoms with van der Waals surface area (Å²) in [6, 6.07) is 12.4. The molecule has 3 aromatic rings. The van der Waals surface area contributed by atoms with Crippen molar-refractivity contribution in [2.45, 2.75) is 71.0 Å². The lowest BCUT2D eigenvalue weighted by atomic mass is 9.96. The van der Waals surface area contributed by atoms with Crippen LogP contribution in [0.2, 0.25) is 0 Å². The van der Waals surface area contributed by atoms with E-state index in [1.165, 1.54) is 44.2 Å². The number of halogens is 4. The summed E-state index contributed by atoms with van der Waals surface area (Å²) in [5.74, 6) is -3.77. The van der Waals surface area contributed by atoms with Gasteiger partial charge in [0.1, 0.15) is 0 Å². The summed E-state index contributed by atoms with van der Waals surface area (Å²) in [6.45, 7) is 6.51. The summed E-state index contributed by atoms with van der Waals surface area (Å²) in [5.41, 5.74) is 1.43. The monoisotopic (exact) mass is 554 g/mol. The van der Waals surface area contributed by atoms with Crippen LogP contribution in [-0.4, -0.2) is 13.2 Å². The van der Waals surface area contributed by atoms with Crippen molar-refractivity contribution in [3.05, 3.63) is 95.6 Å². The summed E-state index contributed by atoms with van der Waals surface area (Å²) in [6.07, 6.45) is 10.3. The van der Waals surface area contributed by atoms with Crippen molar-refractivity contribution >= 4 is 0 Å². The van der Waals surface area contributed by atoms with E-state index in [4.69, 9.17) is 9.47 Å². The molecule has 1 aliphatic rings. The molecule has 4 rings (SSSR count). The molecule has 1 heterocycles. The molecule has 6 heteroatoms. The quantitative estimate of drug-likeness (QED) is 0.119. The highest BCUT2D eigenvalue weighted by atomic mass is 19.2. The van der Waals surface area contributed by atoms with Gasteiger partial charge in [-0.2, -0.15) is 0 Å². The van der Waals surface area contributed by atoms with Crippen LogP contribution >= 0.6 is 0 Å². The maximum atomic E-state index is 15.0. The van der Waals surface area contributed by atoms with Crippen LogP contribution in [0.4, 0.5) is 17.6 Å². The number of hydrogen-bond acceptors (Lipinski definition) is 2. The van der Waals surface area contributed by atoms with Crippen molar-refractivity contribution in [2.75, 3.05) is 13.2 Å². The summed E-state index contributed by atoms with van der Waals surface area (Å²) in [5, 5.41) is 0. The Kier molecular flexibility index (Phi) is 11.0. The maximum Gasteiger partial charge on any atom is 0.186 e. The highest BCUT2D eigenvalue weighted by Crippen LogP contribution is 2.34. The number of rotatable bonds is 13. The summed E-state index contributed by atoms with van der Waals surface area (Å²) >= 11 is 0. The van der Waals surface area contributed by atoms with Gasteiger partial charge < -0.3 is 9.47 Å². The molecule has 1 saturated heterocycles. The predicted octanol–water partition coefficient (Wildman–Crippen LogP) is 10.1. The fourth-order valence-corrected chi connectivity index (χ4v) is 5.09. The van der Waals surface area contributed by atoms with Crippen LogP contribution in [-0.2, 0) is 15.9 Å². The van der Waals surface area contributed by atoms with Gasteiger partial charge in [-0.05, 0) is 29.5 Å². The average molecular weight is 555 g/mol. The second-order valence-corrected chi connectivity index (χ2v) is 10.5. The largest absolute Gasteiger partial charge is 0.348 e. The smallest absolute Gasteiger partial charge is 0.186 e. The standard InChI is InChI=1S/C34H38F4O2/c1-3-5-6-7-8-9-10-11-12-26-17-18-27(31(36)30(26)35)24-13-15-25(16-14-24)28-19-20-29(33(38)32(28)37)34-39-21-23(4-2)22-40-34/h4,13-20,23,34H,2-3,5-12,21-22H2,1H3. The molecule has 0 aliphatic carbocycles. The molecule has 0 saturated carbocycles. The Balaban J connectivity index is 1.40. The van der Waals surface area contributed by atoms with Crippen molar-refractivity contribution in [1.29, 1.82) is 0 Å². The van der Waals surface area contributed by atoms with E-state index in [1.54, 1.807) is 42.5 Å². The van der Waals surface area contributed by atoms with Gasteiger partial charge in [0.25, 0.3) is 0 Å². The van der Waals surface area contributed by atoms with Gasteiger partial charge in [-0.15, -0.1) is 6.58 Å². The third-order valence-corrected chi connectivity index (χ3v) is 7.59. The van der Waals surface area contributed by atoms with Crippen LogP contribution in [0.5, 0.6) is 0 Å². The van der Waals surface area contributed by atoms with E-state index in [0.29, 0.717) is 36.3 Å². The molecule has 1 fully saturated rings. The zero-order valence-electron chi connectivity index (χ0n) is 23.2. The summed E-state index contributed by atoms with van der Waals surface area (Å²) in [7, 11) is 0. The first-order valence-corrected chi connectivity index (χ1v) is 14.4. The van der Waals surface area contributed by atoms with Crippen molar-refractivity contribution in [2.24, 2.45) is 5.92 Å². The van der Waals surface area contributed by atoms with Gasteiger partial charge >= 0.3 is 0 Å². The molecule has 214 valence electrons. The third-order valence-electron chi connectivity index (χ3n) is 7.59. The lowest BCUT2D eigenvalue weighted by Gasteiger charge is -2.28. The molecule has 0 aromatic heterocycles. The fourth-order valence-electron chi connectivity index (χ4n) is 5.09. The first-order chi connectivity index (χ1) is 19.4. The van der Waals surface area contributed by atoms with Crippen LogP contribution in [0.15, 0.2) is 61.2 Å². The van der Waals surface area contributed by atoms with E-state index in [2.05, 4.69) is 13.5 Å². The SMILES string of the molecule is C=CC1COC(c2ccc(-c3ccc(-c4ccc(CCCCCCCCCC)c(F)c4F)cc3)c(F)c2F)OC1. The second-order valence-electron chi connectivity index (χ2n) is 10.5. The molecular weight excluding hydrogens is 516 g/mol. The molecule has 3 aromatic carbocycles. The minimum absolute atomic E-state index is 0.00589. The minimum Gasteiger partial charge on any atom is -0.348 e. The number of hydrogen-bond donors (Lipinski definition) is 0. The molecule has 0 spiro atoms. The molecule has 0 radical (unpaired) electrons. The van der Waals surface area contributed by atoms with E-state index in [-0.39, 0.29) is 22.6 Å². The first kappa shape index (κ1) is 30.0. The van der Waals surface area contributed by atoms with E-state index < -0.39 is 29.6 Å². The normalized spacial score (nSPS) is 17.2. The van der Waals surface area contributed by atoms with Crippen molar-refractivity contribution in [3.8, 4) is 22.3 Å². The van der Waals surface area contributed by atoms with Crippen LogP contribution in [0, 0.1) is 29.2 Å². The topological polar surface area (TPSA) is 18.5 Å². The van der Waals surface area contributed by atoms with E-state index in [0.717, 1.165) is 19.3 Å². The Morgan fingerprint density at radius 3 is 1.77 bits per heavy atom. The van der Waals surface area contributed by atoms with Gasteiger partial charge in [-0.1, -0.05) is 106 Å². The number of benzene rings is 3. The summed E-state index contributed by atoms with van der Waals surface area (Å²) < 4.78 is 70.9. The third kappa shape index (κ3) is 7.21. The Morgan fingerprint density at radius 2 is 1.20 bits per heavy atom. The fraction of sp³-hybridized carbons (Fsp3) is 0.412. The highest BCUT2D eigenvalue weighted by Gasteiger charge is 2.27. The van der Waals surface area contributed by atoms with Crippen LogP contribution in [0.1, 0.15) is 75.7 Å². The average Bonchev–Trinajstić information content (AvgIpc) is 2.98. The number of aryl methyl sites for hydroxylation is 1. The molecule has 0 amide bonds. The van der Waals surface area contributed by atoms with Gasteiger partial charge in [0.2, 0.25) is 0 Å². The Bertz CT molecular complexity index is 1260. The van der Waals surface area contributed by atoms with Crippen molar-refractivity contribution in [3.63, 3.8) is 0 Å². The zero-order valence-corrected chi connectivity index (χ0v) is 23.2. The molecular formula is C34H38F4O2. The molecule has 0 atom stereocenters. The molecule has 1 aliphatic heterocycles. The lowest BCUT2D eigenvalue weighted by molar-refractivity contribution is -0.198. The molecule has 0 N–H and O–H groups in total. The van der Waals surface area contributed by atoms with Gasteiger partial charge in [0.15, 0.2) is 29.6 Å². The van der Waals surface area contributed by atoms with E-state index >= 15 is 4.39 Å². The Morgan fingerprint density at radius 1 is 0.675 bits per heavy atom. The van der Waals surface area contributed by atoms with Crippen molar-refractivity contribution < 1.29 is 27.0 Å². The molecule has 0 bridgehead atoms. The van der Waals surface area contributed by atoms with Crippen LogP contribution < -0.4 is 0 Å². The predicted molar refractivity (Wildman–Crippen MR) is 152 cm³/mol. The molecule has 2 nitrogen and oxygen atoms in total. The maximum absolute atomic E-state index is 15.0. The lowest BCUT2D eigenvalue weighted by Crippen LogP contribution is -2.26. The zero-order chi connectivity index (χ0) is 28.5. The van der Waals surface area contributed by atoms with Crippen LogP contribution in [0.3, 0.4) is 0 Å². The second kappa shape index (κ2) is 14.6. The van der Waals surface area contributed by atoms with Gasteiger partial charge in [-0.3, -0.25) is 0 Å².